The summed E-state index contributed by atoms with van der Waals surface area (Å²) in [5, 5.41) is 14.0. The third-order valence-electron chi connectivity index (χ3n) is 8.19. The zero-order valence-corrected chi connectivity index (χ0v) is 27.1. The Morgan fingerprint density at radius 1 is 0.911 bits per heavy atom. The molecule has 0 bridgehead atoms. The van der Waals surface area contributed by atoms with Gasteiger partial charge in [0, 0.05) is 42.0 Å². The maximum Gasteiger partial charge on any atom is 0.266 e. The number of carbonyl (C=O) groups is 2. The van der Waals surface area contributed by atoms with Crippen LogP contribution in [0.5, 0.6) is 0 Å². The molecule has 226 valence electrons. The van der Waals surface area contributed by atoms with E-state index in [2.05, 4.69) is 22.4 Å². The van der Waals surface area contributed by atoms with Gasteiger partial charge < -0.3 is 10.2 Å². The molecule has 2 amide bonds. The van der Waals surface area contributed by atoms with E-state index < -0.39 is 0 Å². The highest BCUT2D eigenvalue weighted by Crippen LogP contribution is 2.43. The standard InChI is InChI=1S/C35H27Cl3N4O2S/c36-29-13-12-28-30(37)33(45-32(28)31(29)38)35(44)42(20-22-2-1-3-25(18-22)23-14-16-40-17-15-23)27-10-8-26(9-11-27)41-34(43)24-6-4-21(19-39)5-7-24/h1-7,12-18,26-27H,8-11,20H2,(H,41,43). The zero-order valence-electron chi connectivity index (χ0n) is 24.0. The van der Waals surface area contributed by atoms with Crippen LogP contribution in [0.25, 0.3) is 21.2 Å². The van der Waals surface area contributed by atoms with Gasteiger partial charge in [0.25, 0.3) is 11.8 Å². The molecular formula is C35H27Cl3N4O2S. The Morgan fingerprint density at radius 3 is 2.36 bits per heavy atom. The lowest BCUT2D eigenvalue weighted by atomic mass is 9.89. The van der Waals surface area contributed by atoms with E-state index in [1.165, 1.54) is 11.3 Å². The van der Waals surface area contributed by atoms with Gasteiger partial charge in [-0.3, -0.25) is 14.6 Å². The van der Waals surface area contributed by atoms with Gasteiger partial charge >= 0.3 is 0 Å². The average molecular weight is 674 g/mol. The van der Waals surface area contributed by atoms with Gasteiger partial charge in [0.2, 0.25) is 0 Å². The summed E-state index contributed by atoms with van der Waals surface area (Å²) in [4.78, 5) is 33.7. The van der Waals surface area contributed by atoms with Crippen molar-refractivity contribution in [3.05, 3.63) is 122 Å². The molecule has 6 rings (SSSR count). The summed E-state index contributed by atoms with van der Waals surface area (Å²) in [5.74, 6) is -0.329. The first-order chi connectivity index (χ1) is 21.8. The van der Waals surface area contributed by atoms with Crippen LogP contribution in [0, 0.1) is 11.3 Å². The first-order valence-electron chi connectivity index (χ1n) is 14.5. The van der Waals surface area contributed by atoms with Crippen LogP contribution in [0.3, 0.4) is 0 Å². The molecule has 1 fully saturated rings. The number of benzene rings is 3. The molecule has 0 unspecified atom stereocenters. The molecule has 0 saturated heterocycles. The molecule has 10 heteroatoms. The van der Waals surface area contributed by atoms with Crippen molar-refractivity contribution in [1.82, 2.24) is 15.2 Å². The number of pyridine rings is 1. The van der Waals surface area contributed by atoms with Gasteiger partial charge in [-0.15, -0.1) is 11.3 Å². The van der Waals surface area contributed by atoms with Crippen LogP contribution in [0.2, 0.25) is 15.1 Å². The predicted octanol–water partition coefficient (Wildman–Crippen LogP) is 9.18. The van der Waals surface area contributed by atoms with E-state index in [9.17, 15) is 9.59 Å². The molecule has 3 aromatic carbocycles. The summed E-state index contributed by atoms with van der Waals surface area (Å²) in [6, 6.07) is 24.1. The monoisotopic (exact) mass is 672 g/mol. The van der Waals surface area contributed by atoms with E-state index in [0.717, 1.165) is 29.5 Å². The van der Waals surface area contributed by atoms with Crippen LogP contribution in [-0.2, 0) is 6.54 Å². The van der Waals surface area contributed by atoms with E-state index in [0.29, 0.717) is 60.5 Å². The lowest BCUT2D eigenvalue weighted by Gasteiger charge is -2.37. The van der Waals surface area contributed by atoms with Crippen LogP contribution < -0.4 is 5.32 Å². The Bertz CT molecular complexity index is 1910. The van der Waals surface area contributed by atoms with Crippen molar-refractivity contribution in [2.45, 2.75) is 44.3 Å². The van der Waals surface area contributed by atoms with Crippen LogP contribution >= 0.6 is 46.1 Å². The molecule has 0 aliphatic heterocycles. The number of hydrogen-bond acceptors (Lipinski definition) is 5. The smallest absolute Gasteiger partial charge is 0.266 e. The fourth-order valence-electron chi connectivity index (χ4n) is 5.80. The highest BCUT2D eigenvalue weighted by molar-refractivity contribution is 7.22. The van der Waals surface area contributed by atoms with Crippen molar-refractivity contribution < 1.29 is 9.59 Å². The molecule has 5 aromatic rings. The fourth-order valence-corrected chi connectivity index (χ4v) is 7.79. The number of carbonyl (C=O) groups excluding carboxylic acids is 2. The van der Waals surface area contributed by atoms with Crippen molar-refractivity contribution in [2.75, 3.05) is 0 Å². The average Bonchev–Trinajstić information content (AvgIpc) is 3.42. The van der Waals surface area contributed by atoms with E-state index >= 15 is 0 Å². The van der Waals surface area contributed by atoms with Gasteiger partial charge in [0.05, 0.1) is 31.4 Å². The molecule has 6 nitrogen and oxygen atoms in total. The number of rotatable bonds is 7. The van der Waals surface area contributed by atoms with Crippen LogP contribution in [0.4, 0.5) is 0 Å². The summed E-state index contributed by atoms with van der Waals surface area (Å²) in [6.45, 7) is 0.393. The Balaban J connectivity index is 1.25. The lowest BCUT2D eigenvalue weighted by molar-refractivity contribution is 0.0597. The van der Waals surface area contributed by atoms with Gasteiger partial charge in [-0.2, -0.15) is 5.26 Å². The second kappa shape index (κ2) is 13.6. The summed E-state index contributed by atoms with van der Waals surface area (Å²) in [6.07, 6.45) is 6.38. The van der Waals surface area contributed by atoms with E-state index in [1.807, 2.05) is 35.2 Å². The van der Waals surface area contributed by atoms with Gasteiger partial charge in [0.15, 0.2) is 0 Å². The molecule has 2 heterocycles. The predicted molar refractivity (Wildman–Crippen MR) is 181 cm³/mol. The first-order valence-corrected chi connectivity index (χ1v) is 16.4. The summed E-state index contributed by atoms with van der Waals surface area (Å²) in [7, 11) is 0. The molecule has 2 aromatic heterocycles. The van der Waals surface area contributed by atoms with Crippen molar-refractivity contribution in [2.24, 2.45) is 0 Å². The van der Waals surface area contributed by atoms with E-state index in [4.69, 9.17) is 40.1 Å². The van der Waals surface area contributed by atoms with Gasteiger partial charge in [0.1, 0.15) is 4.88 Å². The second-order valence-corrected chi connectivity index (χ2v) is 13.2. The normalized spacial score (nSPS) is 16.2. The Labute approximate surface area is 280 Å². The number of fused-ring (bicyclic) bond motifs is 1. The minimum absolute atomic E-state index is 0.0229. The minimum atomic E-state index is -0.170. The van der Waals surface area contributed by atoms with E-state index in [-0.39, 0.29) is 23.9 Å². The number of halogens is 3. The molecule has 45 heavy (non-hydrogen) atoms. The van der Waals surface area contributed by atoms with Crippen LogP contribution in [0.15, 0.2) is 85.2 Å². The maximum absolute atomic E-state index is 14.4. The minimum Gasteiger partial charge on any atom is -0.349 e. The molecule has 1 aliphatic rings. The third kappa shape index (κ3) is 6.70. The second-order valence-electron chi connectivity index (χ2n) is 11.0. The third-order valence-corrected chi connectivity index (χ3v) is 10.8. The molecule has 1 aliphatic carbocycles. The molecule has 0 atom stereocenters. The van der Waals surface area contributed by atoms with Crippen LogP contribution in [0.1, 0.15) is 56.8 Å². The largest absolute Gasteiger partial charge is 0.349 e. The van der Waals surface area contributed by atoms with Crippen molar-refractivity contribution in [1.29, 1.82) is 5.26 Å². The fraction of sp³-hybridized carbons (Fsp3) is 0.200. The van der Waals surface area contributed by atoms with Gasteiger partial charge in [-0.05, 0) is 90.9 Å². The molecule has 1 N–H and O–H groups in total. The Kier molecular flexibility index (Phi) is 9.39. The number of amides is 2. The highest BCUT2D eigenvalue weighted by Gasteiger charge is 2.33. The van der Waals surface area contributed by atoms with Gasteiger partial charge in [-0.1, -0.05) is 59.1 Å². The SMILES string of the molecule is N#Cc1ccc(C(=O)NC2CCC(N(Cc3cccc(-c4ccncc4)c3)C(=O)c3sc4c(Cl)c(Cl)ccc4c3Cl)CC2)cc1. The zero-order chi connectivity index (χ0) is 31.5. The number of hydrogen-bond donors (Lipinski definition) is 1. The molecule has 0 spiro atoms. The number of aromatic nitrogens is 1. The topological polar surface area (TPSA) is 86.1 Å². The van der Waals surface area contributed by atoms with Gasteiger partial charge in [-0.25, -0.2) is 0 Å². The molecular weight excluding hydrogens is 647 g/mol. The number of nitriles is 1. The van der Waals surface area contributed by atoms with Crippen molar-refractivity contribution >= 4 is 68.0 Å². The first kappa shape index (κ1) is 31.1. The van der Waals surface area contributed by atoms with Crippen molar-refractivity contribution in [3.8, 4) is 17.2 Å². The molecule has 0 radical (unpaired) electrons. The summed E-state index contributed by atoms with van der Waals surface area (Å²) < 4.78 is 0.686. The highest BCUT2D eigenvalue weighted by atomic mass is 35.5. The maximum atomic E-state index is 14.4. The number of nitrogens with zero attached hydrogens (tertiary/aromatic N) is 3. The molecule has 1 saturated carbocycles. The van der Waals surface area contributed by atoms with Crippen molar-refractivity contribution in [3.63, 3.8) is 0 Å². The lowest BCUT2D eigenvalue weighted by Crippen LogP contribution is -2.45. The Hall–Kier alpha value is -3.93. The quantitative estimate of drug-likeness (QED) is 0.187. The Morgan fingerprint density at radius 2 is 1.64 bits per heavy atom. The van der Waals surface area contributed by atoms with E-state index in [1.54, 1.807) is 48.8 Å². The number of thiophene rings is 1. The summed E-state index contributed by atoms with van der Waals surface area (Å²) in [5.41, 5.74) is 4.10. The number of nitrogens with one attached hydrogen (secondary N) is 1. The van der Waals surface area contributed by atoms with Crippen LogP contribution in [-0.4, -0.2) is 33.8 Å². The summed E-state index contributed by atoms with van der Waals surface area (Å²) >= 11 is 20.9.